The maximum Gasteiger partial charge on any atom is 0.245 e. The van der Waals surface area contributed by atoms with Crippen LogP contribution in [0.3, 0.4) is 0 Å². The Morgan fingerprint density at radius 1 is 1.20 bits per heavy atom. The van der Waals surface area contributed by atoms with Gasteiger partial charge in [0.05, 0.1) is 6.17 Å². The number of hydrogen-bond donors (Lipinski definition) is 1. The molecule has 0 aliphatic carbocycles. The third-order valence-corrected chi connectivity index (χ3v) is 4.41. The van der Waals surface area contributed by atoms with E-state index in [2.05, 4.69) is 33.0 Å². The molecule has 1 aromatic carbocycles. The zero-order chi connectivity index (χ0) is 14.7. The minimum Gasteiger partial charge on any atom is -0.325 e. The Labute approximate surface area is 122 Å². The van der Waals surface area contributed by atoms with Gasteiger partial charge in [0, 0.05) is 6.54 Å². The monoisotopic (exact) mass is 274 g/mol. The predicted molar refractivity (Wildman–Crippen MR) is 82.1 cm³/mol. The Morgan fingerprint density at radius 3 is 2.40 bits per heavy atom. The fourth-order valence-corrected chi connectivity index (χ4v) is 2.63. The van der Waals surface area contributed by atoms with Gasteiger partial charge in [0.15, 0.2) is 0 Å². The van der Waals surface area contributed by atoms with E-state index in [-0.39, 0.29) is 18.1 Å². The Morgan fingerprint density at radius 2 is 1.85 bits per heavy atom. The van der Waals surface area contributed by atoms with Crippen LogP contribution in [0, 0.1) is 11.8 Å². The maximum absolute atomic E-state index is 12.7. The summed E-state index contributed by atoms with van der Waals surface area (Å²) >= 11 is 0. The van der Waals surface area contributed by atoms with Crippen LogP contribution in [0.25, 0.3) is 0 Å². The average Bonchev–Trinajstić information content (AvgIpc) is 2.76. The summed E-state index contributed by atoms with van der Waals surface area (Å²) in [6, 6.07) is 9.84. The SMILES string of the molecule is CCC1NC(c2ccccc2)C(=O)N1CC(C)C(C)C. The second-order valence-corrected chi connectivity index (χ2v) is 6.15. The van der Waals surface area contributed by atoms with Crippen LogP contribution in [0.15, 0.2) is 30.3 Å². The second-order valence-electron chi connectivity index (χ2n) is 6.15. The topological polar surface area (TPSA) is 32.3 Å². The molecule has 2 rings (SSSR count). The molecule has 1 aliphatic heterocycles. The van der Waals surface area contributed by atoms with Crippen LogP contribution in [0.2, 0.25) is 0 Å². The van der Waals surface area contributed by atoms with Crippen molar-refractivity contribution in [3.8, 4) is 0 Å². The summed E-state index contributed by atoms with van der Waals surface area (Å²) in [5.41, 5.74) is 1.07. The molecular weight excluding hydrogens is 248 g/mol. The van der Waals surface area contributed by atoms with E-state index in [0.717, 1.165) is 18.5 Å². The van der Waals surface area contributed by atoms with Crippen molar-refractivity contribution in [3.05, 3.63) is 35.9 Å². The van der Waals surface area contributed by atoms with Gasteiger partial charge >= 0.3 is 0 Å². The molecule has 20 heavy (non-hydrogen) atoms. The Bertz CT molecular complexity index is 444. The van der Waals surface area contributed by atoms with Crippen LogP contribution >= 0.6 is 0 Å². The van der Waals surface area contributed by atoms with Gasteiger partial charge in [0.25, 0.3) is 0 Å². The number of benzene rings is 1. The van der Waals surface area contributed by atoms with E-state index >= 15 is 0 Å². The van der Waals surface area contributed by atoms with E-state index in [4.69, 9.17) is 0 Å². The number of nitrogens with one attached hydrogen (secondary N) is 1. The molecule has 1 saturated heterocycles. The van der Waals surface area contributed by atoms with Gasteiger partial charge in [0.2, 0.25) is 5.91 Å². The van der Waals surface area contributed by atoms with Gasteiger partial charge in [-0.1, -0.05) is 58.0 Å². The van der Waals surface area contributed by atoms with Crippen LogP contribution in [-0.4, -0.2) is 23.5 Å². The Balaban J connectivity index is 2.15. The van der Waals surface area contributed by atoms with Gasteiger partial charge < -0.3 is 4.90 Å². The maximum atomic E-state index is 12.7. The minimum absolute atomic E-state index is 0.161. The first kappa shape index (κ1) is 15.0. The molecule has 110 valence electrons. The van der Waals surface area contributed by atoms with Gasteiger partial charge in [-0.3, -0.25) is 10.1 Å². The van der Waals surface area contributed by atoms with Crippen molar-refractivity contribution >= 4 is 5.91 Å². The molecule has 1 aromatic rings. The van der Waals surface area contributed by atoms with Gasteiger partial charge in [-0.05, 0) is 23.8 Å². The van der Waals surface area contributed by atoms with E-state index in [1.807, 2.05) is 35.2 Å². The molecule has 0 bridgehead atoms. The lowest BCUT2D eigenvalue weighted by atomic mass is 9.97. The first-order chi connectivity index (χ1) is 9.54. The van der Waals surface area contributed by atoms with Crippen molar-refractivity contribution in [2.75, 3.05) is 6.54 Å². The van der Waals surface area contributed by atoms with Crippen LogP contribution in [0.5, 0.6) is 0 Å². The van der Waals surface area contributed by atoms with Gasteiger partial charge in [-0.25, -0.2) is 0 Å². The minimum atomic E-state index is -0.180. The van der Waals surface area contributed by atoms with E-state index < -0.39 is 0 Å². The van der Waals surface area contributed by atoms with Crippen molar-refractivity contribution in [1.29, 1.82) is 0 Å². The van der Waals surface area contributed by atoms with Crippen LogP contribution < -0.4 is 5.32 Å². The molecular formula is C17H26N2O. The highest BCUT2D eigenvalue weighted by molar-refractivity contribution is 5.85. The molecule has 3 nitrogen and oxygen atoms in total. The molecule has 3 unspecified atom stereocenters. The van der Waals surface area contributed by atoms with E-state index in [1.54, 1.807) is 0 Å². The molecule has 0 saturated carbocycles. The largest absolute Gasteiger partial charge is 0.325 e. The third kappa shape index (κ3) is 3.04. The first-order valence-electron chi connectivity index (χ1n) is 7.66. The summed E-state index contributed by atoms with van der Waals surface area (Å²) in [6.07, 6.45) is 1.11. The van der Waals surface area contributed by atoms with Crippen molar-refractivity contribution in [3.63, 3.8) is 0 Å². The number of rotatable bonds is 5. The number of carbonyl (C=O) groups excluding carboxylic acids is 1. The highest BCUT2D eigenvalue weighted by Gasteiger charge is 2.39. The first-order valence-corrected chi connectivity index (χ1v) is 7.66. The predicted octanol–water partition coefficient (Wildman–Crippen LogP) is 3.19. The van der Waals surface area contributed by atoms with Gasteiger partial charge in [0.1, 0.15) is 6.04 Å². The van der Waals surface area contributed by atoms with Gasteiger partial charge in [-0.2, -0.15) is 0 Å². The standard InChI is InChI=1S/C17H26N2O/c1-5-15-18-16(14-9-7-6-8-10-14)17(20)19(15)11-13(4)12(2)3/h6-10,12-13,15-16,18H,5,11H2,1-4H3. The molecule has 0 radical (unpaired) electrons. The van der Waals surface area contributed by atoms with Crippen LogP contribution in [0.1, 0.15) is 45.7 Å². The lowest BCUT2D eigenvalue weighted by Crippen LogP contribution is -2.40. The quantitative estimate of drug-likeness (QED) is 0.894. The number of nitrogens with zero attached hydrogens (tertiary/aromatic N) is 1. The van der Waals surface area contributed by atoms with Crippen molar-refractivity contribution < 1.29 is 4.79 Å². The van der Waals surface area contributed by atoms with Crippen molar-refractivity contribution in [2.45, 2.75) is 46.3 Å². The van der Waals surface area contributed by atoms with Gasteiger partial charge in [-0.15, -0.1) is 0 Å². The molecule has 3 heteroatoms. The van der Waals surface area contributed by atoms with E-state index in [0.29, 0.717) is 11.8 Å². The average molecular weight is 274 g/mol. The molecule has 1 amide bonds. The number of amides is 1. The van der Waals surface area contributed by atoms with Crippen LogP contribution in [0.4, 0.5) is 0 Å². The zero-order valence-electron chi connectivity index (χ0n) is 13.0. The Hall–Kier alpha value is -1.35. The molecule has 0 aromatic heterocycles. The fourth-order valence-electron chi connectivity index (χ4n) is 2.63. The molecule has 1 heterocycles. The summed E-state index contributed by atoms with van der Waals surface area (Å²) < 4.78 is 0. The molecule has 1 fully saturated rings. The van der Waals surface area contributed by atoms with Crippen molar-refractivity contribution in [2.24, 2.45) is 11.8 Å². The summed E-state index contributed by atoms with van der Waals surface area (Å²) in [7, 11) is 0. The molecule has 1 aliphatic rings. The second kappa shape index (κ2) is 6.40. The lowest BCUT2D eigenvalue weighted by molar-refractivity contribution is -0.130. The summed E-state index contributed by atoms with van der Waals surface area (Å²) in [5, 5.41) is 3.48. The molecule has 0 spiro atoms. The summed E-state index contributed by atoms with van der Waals surface area (Å²) in [5.74, 6) is 1.33. The fraction of sp³-hybridized carbons (Fsp3) is 0.588. The summed E-state index contributed by atoms with van der Waals surface area (Å²) in [6.45, 7) is 9.62. The molecule has 3 atom stereocenters. The lowest BCUT2D eigenvalue weighted by Gasteiger charge is -2.28. The highest BCUT2D eigenvalue weighted by Crippen LogP contribution is 2.27. The summed E-state index contributed by atoms with van der Waals surface area (Å²) in [4.78, 5) is 14.7. The van der Waals surface area contributed by atoms with Crippen molar-refractivity contribution in [1.82, 2.24) is 10.2 Å². The Kier molecular flexibility index (Phi) is 4.81. The van der Waals surface area contributed by atoms with E-state index in [1.165, 1.54) is 0 Å². The number of carbonyl (C=O) groups is 1. The third-order valence-electron chi connectivity index (χ3n) is 4.41. The molecule has 1 N–H and O–H groups in total. The van der Waals surface area contributed by atoms with E-state index in [9.17, 15) is 4.79 Å². The smallest absolute Gasteiger partial charge is 0.245 e. The van der Waals surface area contributed by atoms with Crippen LogP contribution in [-0.2, 0) is 4.79 Å². The normalized spacial score (nSPS) is 24.4. The number of hydrogen-bond acceptors (Lipinski definition) is 2. The highest BCUT2D eigenvalue weighted by atomic mass is 16.2. The zero-order valence-corrected chi connectivity index (χ0v) is 13.0.